The zero-order valence-electron chi connectivity index (χ0n) is 16.0. The van der Waals surface area contributed by atoms with Crippen molar-refractivity contribution in [2.24, 2.45) is 0 Å². The molecule has 0 N–H and O–H groups in total. The summed E-state index contributed by atoms with van der Waals surface area (Å²) in [7, 11) is 0. The van der Waals surface area contributed by atoms with Crippen molar-refractivity contribution >= 4 is 108 Å². The Morgan fingerprint density at radius 3 is 0.833 bits per heavy atom. The van der Waals surface area contributed by atoms with E-state index < -0.39 is 0 Å². The van der Waals surface area contributed by atoms with Crippen molar-refractivity contribution in [1.29, 1.82) is 0 Å². The van der Waals surface area contributed by atoms with Gasteiger partial charge in [0.15, 0.2) is 0 Å². The third-order valence-electron chi connectivity index (χ3n) is 11.4. The van der Waals surface area contributed by atoms with E-state index in [9.17, 15) is 0 Å². The minimum absolute atomic E-state index is 0.973. The van der Waals surface area contributed by atoms with Crippen LogP contribution in [0, 0.1) is 0 Å². The zero-order valence-corrected chi connectivity index (χ0v) is 16.0. The van der Waals surface area contributed by atoms with Crippen LogP contribution in [-0.4, -0.2) is 0 Å². The number of hydrogen-bond donors (Lipinski definition) is 0. The molecular formula is C30H10. The minimum Gasteiger partial charge on any atom is -0.0451 e. The number of hydrogen-bond acceptors (Lipinski definition) is 0. The lowest BCUT2D eigenvalue weighted by Gasteiger charge is -2.55. The fraction of sp³-hybridized carbons (Fsp3) is 0.200. The number of fused-ring (bicyclic) bond motifs is 37. The summed E-state index contributed by atoms with van der Waals surface area (Å²) in [5, 5.41) is 34.0. The second-order valence-corrected chi connectivity index (χ2v) is 11.6. The quantitative estimate of drug-likeness (QED) is 0.236. The molecule has 0 heteroatoms. The third-order valence-corrected chi connectivity index (χ3v) is 11.4. The molecule has 2 atom stereocenters. The fourth-order valence-electron chi connectivity index (χ4n) is 10.0. The van der Waals surface area contributed by atoms with Crippen molar-refractivity contribution in [2.45, 2.75) is 37.5 Å². The van der Waals surface area contributed by atoms with Gasteiger partial charge in [-0.25, -0.2) is 0 Å². The maximum absolute atomic E-state index is 1.82. The normalized spacial score (nSPS) is 24.8. The molecule has 11 aromatic carbocycles. The maximum atomic E-state index is 1.82. The van der Waals surface area contributed by atoms with E-state index in [1.54, 1.807) is 119 Å². The van der Waals surface area contributed by atoms with Crippen molar-refractivity contribution in [2.75, 3.05) is 0 Å². The van der Waals surface area contributed by atoms with Crippen LogP contribution in [0.4, 0.5) is 0 Å². The summed E-state index contributed by atoms with van der Waals surface area (Å²) in [4.78, 5) is 0. The van der Waals surface area contributed by atoms with Crippen LogP contribution < -0.4 is 0 Å². The standard InChI is InChI=1S/C30H10/c1-2-6-5(1)9-10(6)14-13(9)17-18(14)22-21(17)25-26(22)30-28-24-20-16-12-8-4-3-7(8)11(12)15(16)19(20)23(24)27(28)29(25)30/h5-6H,1-4H2. The molecule has 1 fully saturated rings. The molecule has 0 nitrogen and oxygen atoms in total. The summed E-state index contributed by atoms with van der Waals surface area (Å²) in [5.41, 5.74) is 7.10. The molecule has 0 saturated heterocycles. The topological polar surface area (TPSA) is 0 Å². The third kappa shape index (κ3) is 0.591. The maximum Gasteiger partial charge on any atom is -0.00000000157 e. The number of rotatable bonds is 0. The van der Waals surface area contributed by atoms with Gasteiger partial charge in [0.2, 0.25) is 0 Å². The van der Waals surface area contributed by atoms with Gasteiger partial charge in [0, 0.05) is 0 Å². The molecule has 14 rings (SSSR count). The van der Waals surface area contributed by atoms with Crippen LogP contribution in [0.1, 0.15) is 46.9 Å². The Hall–Kier alpha value is -3.12. The first kappa shape index (κ1) is 11.3. The lowest BCUT2D eigenvalue weighted by molar-refractivity contribution is 0.296. The van der Waals surface area contributed by atoms with Gasteiger partial charge in [0.1, 0.15) is 0 Å². The van der Waals surface area contributed by atoms with Crippen molar-refractivity contribution in [3.8, 4) is 0 Å². The van der Waals surface area contributed by atoms with E-state index in [0.29, 0.717) is 0 Å². The van der Waals surface area contributed by atoms with Gasteiger partial charge in [-0.2, -0.15) is 0 Å². The smallest absolute Gasteiger partial charge is 0.00000000157 e. The summed E-state index contributed by atoms with van der Waals surface area (Å²) >= 11 is 0. The second kappa shape index (κ2) is 2.57. The molecule has 2 unspecified atom stereocenters. The Kier molecular flexibility index (Phi) is 0.972. The second-order valence-electron chi connectivity index (χ2n) is 11.6. The first-order chi connectivity index (χ1) is 15.0. The average Bonchev–Trinajstić information content (AvgIpc) is 2.65. The highest BCUT2D eigenvalue weighted by Gasteiger charge is 2.53. The zero-order chi connectivity index (χ0) is 17.8. The lowest BCUT2D eigenvalue weighted by Crippen LogP contribution is -2.37. The van der Waals surface area contributed by atoms with E-state index in [1.807, 2.05) is 11.1 Å². The first-order valence-corrected chi connectivity index (χ1v) is 11.9. The Labute approximate surface area is 167 Å². The molecule has 0 heterocycles. The summed E-state index contributed by atoms with van der Waals surface area (Å²) < 4.78 is 0. The predicted molar refractivity (Wildman–Crippen MR) is 127 cm³/mol. The first-order valence-electron chi connectivity index (χ1n) is 11.9. The largest absolute Gasteiger partial charge is 0.0451 e. The molecule has 30 heavy (non-hydrogen) atoms. The van der Waals surface area contributed by atoms with E-state index in [2.05, 4.69) is 0 Å². The van der Waals surface area contributed by atoms with Crippen LogP contribution in [-0.2, 0) is 12.8 Å². The van der Waals surface area contributed by atoms with Gasteiger partial charge in [-0.15, -0.1) is 0 Å². The molecule has 0 aliphatic heterocycles. The van der Waals surface area contributed by atoms with Crippen LogP contribution in [0.15, 0.2) is 0 Å². The average molecular weight is 370 g/mol. The van der Waals surface area contributed by atoms with Gasteiger partial charge in [0.05, 0.1) is 0 Å². The highest BCUT2D eigenvalue weighted by atomic mass is 14.6. The molecule has 11 aromatic rings. The summed E-state index contributed by atoms with van der Waals surface area (Å²) in [5.74, 6) is 1.95. The molecule has 0 amide bonds. The fourth-order valence-corrected chi connectivity index (χ4v) is 10.0. The van der Waals surface area contributed by atoms with E-state index in [1.165, 1.54) is 25.7 Å². The summed E-state index contributed by atoms with van der Waals surface area (Å²) in [6.07, 6.45) is 5.64. The highest BCUT2D eigenvalue weighted by Crippen LogP contribution is 2.76. The lowest BCUT2D eigenvalue weighted by atomic mass is 9.48. The molecule has 0 radical (unpaired) electrons. The summed E-state index contributed by atoms with van der Waals surface area (Å²) in [6.45, 7) is 0. The van der Waals surface area contributed by atoms with Crippen LogP contribution in [0.3, 0.4) is 0 Å². The SMILES string of the molecule is C1Cc2c1c1c2c2c1c1c2c2c1c1c2c2c3c4c5c6c7c(c6c5c4c3c12)C1CCC71. The van der Waals surface area contributed by atoms with Gasteiger partial charge in [0.25, 0.3) is 0 Å². The van der Waals surface area contributed by atoms with Crippen LogP contribution in [0.2, 0.25) is 0 Å². The minimum atomic E-state index is 0.973. The van der Waals surface area contributed by atoms with Crippen LogP contribution in [0.25, 0.3) is 108 Å². The van der Waals surface area contributed by atoms with E-state index in [0.717, 1.165) is 11.8 Å². The molecule has 0 spiro atoms. The Bertz CT molecular complexity index is 2340. The molecule has 1 saturated carbocycles. The molecule has 3 aliphatic carbocycles. The molecule has 3 aliphatic rings. The van der Waals surface area contributed by atoms with Gasteiger partial charge >= 0.3 is 0 Å². The Balaban J connectivity index is 1.14. The van der Waals surface area contributed by atoms with Crippen molar-refractivity contribution < 1.29 is 0 Å². The molecule has 0 aromatic heterocycles. The van der Waals surface area contributed by atoms with Crippen molar-refractivity contribution in [1.82, 2.24) is 0 Å². The Morgan fingerprint density at radius 1 is 0.300 bits per heavy atom. The van der Waals surface area contributed by atoms with Gasteiger partial charge in [-0.3, -0.25) is 0 Å². The van der Waals surface area contributed by atoms with Crippen LogP contribution in [0.5, 0.6) is 0 Å². The van der Waals surface area contributed by atoms with E-state index in [-0.39, 0.29) is 0 Å². The number of aryl methyl sites for hydroxylation is 2. The molecule has 0 bridgehead atoms. The van der Waals surface area contributed by atoms with Crippen molar-refractivity contribution in [3.63, 3.8) is 0 Å². The predicted octanol–water partition coefficient (Wildman–Crippen LogP) is 8.11. The molecular weight excluding hydrogens is 360 g/mol. The van der Waals surface area contributed by atoms with Gasteiger partial charge in [-0.1, -0.05) is 0 Å². The van der Waals surface area contributed by atoms with Crippen LogP contribution >= 0.6 is 0 Å². The molecule has 130 valence electrons. The Morgan fingerprint density at radius 2 is 0.567 bits per heavy atom. The number of benzene rings is 10. The van der Waals surface area contributed by atoms with Crippen molar-refractivity contribution in [3.05, 3.63) is 22.3 Å². The van der Waals surface area contributed by atoms with E-state index >= 15 is 0 Å². The van der Waals surface area contributed by atoms with E-state index in [4.69, 9.17) is 0 Å². The monoisotopic (exact) mass is 370 g/mol. The van der Waals surface area contributed by atoms with Gasteiger partial charge < -0.3 is 0 Å². The summed E-state index contributed by atoms with van der Waals surface area (Å²) in [6, 6.07) is 0. The van der Waals surface area contributed by atoms with Gasteiger partial charge in [-0.05, 0) is 167 Å². The highest BCUT2D eigenvalue weighted by molar-refractivity contribution is 6.76.